The molecule has 32 heavy (non-hydrogen) atoms. The van der Waals surface area contributed by atoms with Gasteiger partial charge in [0.05, 0.1) is 0 Å². The Balaban J connectivity index is 1.47. The monoisotopic (exact) mass is 532 g/mol. The van der Waals surface area contributed by atoms with Gasteiger partial charge in [-0.15, -0.1) is 0 Å². The Labute approximate surface area is 210 Å². The van der Waals surface area contributed by atoms with Crippen LogP contribution in [0.3, 0.4) is 0 Å². The van der Waals surface area contributed by atoms with Gasteiger partial charge < -0.3 is 20.1 Å². The number of nitrogens with one attached hydrogen (secondary N) is 2. The molecule has 1 saturated heterocycles. The number of nitrogens with zero attached hydrogens (tertiary/aromatic N) is 2. The molecular formula is C21H20Cl4N4O2S. The minimum atomic E-state index is -1.86. The first kappa shape index (κ1) is 23.6. The summed E-state index contributed by atoms with van der Waals surface area (Å²) in [6, 6.07) is 11.8. The zero-order valence-electron chi connectivity index (χ0n) is 16.7. The average molecular weight is 534 g/mol. The number of hydrogen-bond donors (Lipinski definition) is 2. The molecular weight excluding hydrogens is 514 g/mol. The van der Waals surface area contributed by atoms with Crippen LogP contribution < -0.4 is 16.2 Å². The highest BCUT2D eigenvalue weighted by Crippen LogP contribution is 2.35. The number of aromatic nitrogens is 1. The van der Waals surface area contributed by atoms with Crippen molar-refractivity contribution in [3.8, 4) is 0 Å². The first-order valence-electron chi connectivity index (χ1n) is 10.00. The van der Waals surface area contributed by atoms with Crippen molar-refractivity contribution in [1.29, 1.82) is 0 Å². The average Bonchev–Trinajstić information content (AvgIpc) is 2.73. The number of carbonyl (C=O) groups excluding carboxylic acids is 1. The topological polar surface area (TPSA) is 66.4 Å². The van der Waals surface area contributed by atoms with E-state index < -0.39 is 15.9 Å². The van der Waals surface area contributed by atoms with Gasteiger partial charge in [-0.05, 0) is 48.8 Å². The zero-order chi connectivity index (χ0) is 23.0. The number of hydrogen-bond acceptors (Lipinski definition) is 3. The highest BCUT2D eigenvalue weighted by atomic mass is 35.6. The first-order chi connectivity index (χ1) is 15.1. The minimum absolute atomic E-state index is 0.0198. The maximum Gasteiger partial charge on any atom is 0.253 e. The fourth-order valence-electron chi connectivity index (χ4n) is 4.32. The first-order valence-corrected chi connectivity index (χ1v) is 11.9. The van der Waals surface area contributed by atoms with Gasteiger partial charge in [0.1, 0.15) is 6.17 Å². The summed E-state index contributed by atoms with van der Waals surface area (Å²) < 4.78 is -0.00809. The number of thiocarbonyl (C=S) groups is 1. The summed E-state index contributed by atoms with van der Waals surface area (Å²) in [7, 11) is 0. The van der Waals surface area contributed by atoms with E-state index in [1.165, 1.54) is 6.07 Å². The quantitative estimate of drug-likeness (QED) is 0.355. The molecule has 0 radical (unpaired) electrons. The van der Waals surface area contributed by atoms with Crippen molar-refractivity contribution in [3.05, 3.63) is 69.1 Å². The maximum absolute atomic E-state index is 12.7. The molecule has 2 aliphatic rings. The van der Waals surface area contributed by atoms with Gasteiger partial charge in [0.2, 0.25) is 3.79 Å². The molecule has 1 aromatic carbocycles. The molecule has 3 atom stereocenters. The SMILES string of the molecule is O=C(N[C@@H](NC(=S)N1C[C@@H]2C[C@H](C1)c1cccc(=O)n1C2)C(Cl)(Cl)Cl)c1cccc(Cl)c1. The molecule has 4 rings (SSSR count). The van der Waals surface area contributed by atoms with E-state index in [1.807, 2.05) is 15.5 Å². The Hall–Kier alpha value is -1.51. The molecule has 3 heterocycles. The largest absolute Gasteiger partial charge is 0.348 e. The van der Waals surface area contributed by atoms with Crippen LogP contribution in [-0.4, -0.2) is 43.5 Å². The number of amides is 1. The van der Waals surface area contributed by atoms with Gasteiger partial charge in [0.15, 0.2) is 5.11 Å². The second-order valence-electron chi connectivity index (χ2n) is 8.01. The van der Waals surface area contributed by atoms with Crippen molar-refractivity contribution in [3.63, 3.8) is 0 Å². The lowest BCUT2D eigenvalue weighted by molar-refractivity contribution is 0.0932. The van der Waals surface area contributed by atoms with E-state index in [9.17, 15) is 9.59 Å². The number of benzene rings is 1. The molecule has 2 bridgehead atoms. The van der Waals surface area contributed by atoms with Crippen LogP contribution in [0.4, 0.5) is 0 Å². The summed E-state index contributed by atoms with van der Waals surface area (Å²) in [6.07, 6.45) is -0.0785. The fraction of sp³-hybridized carbons (Fsp3) is 0.381. The maximum atomic E-state index is 12.7. The van der Waals surface area contributed by atoms with Crippen LogP contribution in [0.2, 0.25) is 5.02 Å². The van der Waals surface area contributed by atoms with Crippen LogP contribution in [-0.2, 0) is 6.54 Å². The molecule has 0 spiro atoms. The summed E-state index contributed by atoms with van der Waals surface area (Å²) in [6.45, 7) is 1.93. The molecule has 2 aromatic rings. The molecule has 170 valence electrons. The molecule has 2 N–H and O–H groups in total. The Morgan fingerprint density at radius 1 is 1.09 bits per heavy atom. The number of alkyl halides is 3. The van der Waals surface area contributed by atoms with Crippen molar-refractivity contribution in [1.82, 2.24) is 20.1 Å². The van der Waals surface area contributed by atoms with Crippen molar-refractivity contribution in [2.24, 2.45) is 5.92 Å². The second-order valence-corrected chi connectivity index (χ2v) is 11.2. The summed E-state index contributed by atoms with van der Waals surface area (Å²) in [4.78, 5) is 26.9. The highest BCUT2D eigenvalue weighted by Gasteiger charge is 2.39. The lowest BCUT2D eigenvalue weighted by atomic mass is 9.83. The summed E-state index contributed by atoms with van der Waals surface area (Å²) >= 11 is 30.0. The highest BCUT2D eigenvalue weighted by molar-refractivity contribution is 7.80. The number of fused-ring (bicyclic) bond motifs is 4. The second kappa shape index (κ2) is 9.39. The van der Waals surface area contributed by atoms with Crippen molar-refractivity contribution >= 4 is 69.6 Å². The number of piperidine rings is 1. The van der Waals surface area contributed by atoms with Crippen LogP contribution in [0, 0.1) is 5.92 Å². The van der Waals surface area contributed by atoms with Gasteiger partial charge >= 0.3 is 0 Å². The smallest absolute Gasteiger partial charge is 0.253 e. The molecule has 6 nitrogen and oxygen atoms in total. The predicted molar refractivity (Wildman–Crippen MR) is 132 cm³/mol. The molecule has 11 heteroatoms. The molecule has 1 amide bonds. The van der Waals surface area contributed by atoms with Gasteiger partial charge in [-0.2, -0.15) is 0 Å². The van der Waals surface area contributed by atoms with Gasteiger partial charge in [-0.1, -0.05) is 58.5 Å². The normalized spacial score (nSPS) is 20.8. The lowest BCUT2D eigenvalue weighted by Gasteiger charge is -2.44. The number of rotatable bonds is 3. The zero-order valence-corrected chi connectivity index (χ0v) is 20.6. The Kier molecular flexibility index (Phi) is 6.94. The van der Waals surface area contributed by atoms with Crippen LogP contribution in [0.25, 0.3) is 0 Å². The van der Waals surface area contributed by atoms with Crippen LogP contribution in [0.15, 0.2) is 47.3 Å². The van der Waals surface area contributed by atoms with Gasteiger partial charge in [0.25, 0.3) is 11.5 Å². The standard InChI is InChI=1S/C21H20Cl4N4O2S/c22-15-4-1-3-13(8-15)18(31)26-19(21(23,24)25)27-20(32)28-9-12-7-14(11-28)16-5-2-6-17(30)29(16)10-12/h1-6,8,12,14,19H,7,9-11H2,(H,26,31)(H,27,32)/t12-,14+,19-/m0/s1. The summed E-state index contributed by atoms with van der Waals surface area (Å²) in [5.41, 5.74) is 1.36. The molecule has 2 aliphatic heterocycles. The van der Waals surface area contributed by atoms with Crippen molar-refractivity contribution in [2.45, 2.75) is 28.8 Å². The third kappa shape index (κ3) is 5.18. The molecule has 0 saturated carbocycles. The third-order valence-corrected chi connectivity index (χ3v) is 6.99. The summed E-state index contributed by atoms with van der Waals surface area (Å²) in [5.74, 6) is -0.0141. The van der Waals surface area contributed by atoms with Crippen LogP contribution >= 0.6 is 58.6 Å². The molecule has 0 unspecified atom stereocenters. The van der Waals surface area contributed by atoms with Crippen molar-refractivity contribution < 1.29 is 4.79 Å². The summed E-state index contributed by atoms with van der Waals surface area (Å²) in [5, 5.41) is 6.47. The van der Waals surface area contributed by atoms with Crippen LogP contribution in [0.1, 0.15) is 28.4 Å². The fourth-order valence-corrected chi connectivity index (χ4v) is 5.11. The Morgan fingerprint density at radius 2 is 1.84 bits per heavy atom. The van der Waals surface area contributed by atoms with E-state index >= 15 is 0 Å². The van der Waals surface area contributed by atoms with E-state index in [0.29, 0.717) is 35.3 Å². The lowest BCUT2D eigenvalue weighted by Crippen LogP contribution is -2.60. The molecule has 1 fully saturated rings. The number of likely N-dealkylation sites (tertiary alicyclic amines) is 1. The Morgan fingerprint density at radius 3 is 2.56 bits per heavy atom. The van der Waals surface area contributed by atoms with Gasteiger partial charge in [-0.3, -0.25) is 9.59 Å². The predicted octanol–water partition coefficient (Wildman–Crippen LogP) is 3.92. The van der Waals surface area contributed by atoms with E-state index in [0.717, 1.165) is 12.1 Å². The molecule has 0 aliphatic carbocycles. The van der Waals surface area contributed by atoms with E-state index in [2.05, 4.69) is 10.6 Å². The number of carbonyl (C=O) groups is 1. The van der Waals surface area contributed by atoms with Crippen LogP contribution in [0.5, 0.6) is 0 Å². The molecule has 1 aromatic heterocycles. The van der Waals surface area contributed by atoms with Gasteiger partial charge in [0, 0.05) is 47.9 Å². The third-order valence-electron chi connectivity index (χ3n) is 5.72. The Bertz CT molecular complexity index is 1100. The number of pyridine rings is 1. The van der Waals surface area contributed by atoms with E-state index in [1.54, 1.807) is 30.3 Å². The number of halogens is 4. The van der Waals surface area contributed by atoms with Gasteiger partial charge in [-0.25, -0.2) is 0 Å². The van der Waals surface area contributed by atoms with E-state index in [-0.39, 0.29) is 17.4 Å². The van der Waals surface area contributed by atoms with Crippen molar-refractivity contribution in [2.75, 3.05) is 13.1 Å². The van der Waals surface area contributed by atoms with E-state index in [4.69, 9.17) is 58.6 Å². The minimum Gasteiger partial charge on any atom is -0.348 e.